The maximum atomic E-state index is 12.3. The highest BCUT2D eigenvalue weighted by atomic mass is 19.4. The zero-order valence-electron chi connectivity index (χ0n) is 15.3. The molecule has 24 heavy (non-hydrogen) atoms. The summed E-state index contributed by atoms with van der Waals surface area (Å²) < 4.78 is 36.8. The Balaban J connectivity index is 2.59. The number of likely N-dealkylation sites (N-methyl/N-ethyl adjacent to an activating group) is 1. The van der Waals surface area contributed by atoms with Gasteiger partial charge in [0.25, 0.3) is 0 Å². The van der Waals surface area contributed by atoms with Crippen LogP contribution < -0.4 is 10.6 Å². The van der Waals surface area contributed by atoms with E-state index in [4.69, 9.17) is 0 Å². The molecule has 1 rings (SSSR count). The van der Waals surface area contributed by atoms with Crippen molar-refractivity contribution in [2.24, 2.45) is 10.9 Å². The lowest BCUT2D eigenvalue weighted by Crippen LogP contribution is -2.52. The molecule has 1 atom stereocenters. The minimum atomic E-state index is -4.15. The highest BCUT2D eigenvalue weighted by Crippen LogP contribution is 2.18. The average Bonchev–Trinajstić information content (AvgIpc) is 2.47. The zero-order chi connectivity index (χ0) is 18.2. The second kappa shape index (κ2) is 10.1. The molecule has 1 fully saturated rings. The number of guanidine groups is 1. The minimum absolute atomic E-state index is 0.157. The molecule has 1 unspecified atom stereocenters. The molecule has 1 saturated heterocycles. The quantitative estimate of drug-likeness (QED) is 0.542. The van der Waals surface area contributed by atoms with Crippen LogP contribution in [-0.4, -0.2) is 80.8 Å². The van der Waals surface area contributed by atoms with E-state index in [0.717, 1.165) is 26.2 Å². The number of nitrogens with zero attached hydrogens (tertiary/aromatic N) is 3. The molecule has 0 aliphatic carbocycles. The molecule has 0 spiro atoms. The molecule has 5 nitrogen and oxygen atoms in total. The van der Waals surface area contributed by atoms with E-state index in [-0.39, 0.29) is 6.54 Å². The van der Waals surface area contributed by atoms with E-state index in [0.29, 0.717) is 31.0 Å². The van der Waals surface area contributed by atoms with Gasteiger partial charge < -0.3 is 15.5 Å². The van der Waals surface area contributed by atoms with Gasteiger partial charge in [0, 0.05) is 45.3 Å². The first-order chi connectivity index (χ1) is 11.2. The molecule has 1 aliphatic heterocycles. The third kappa shape index (κ3) is 8.19. The van der Waals surface area contributed by atoms with Crippen molar-refractivity contribution in [1.29, 1.82) is 0 Å². The summed E-state index contributed by atoms with van der Waals surface area (Å²) >= 11 is 0. The fourth-order valence-corrected chi connectivity index (χ4v) is 2.75. The second-order valence-corrected chi connectivity index (χ2v) is 6.66. The molecular formula is C16H32F3N5. The third-order valence-corrected chi connectivity index (χ3v) is 4.26. The van der Waals surface area contributed by atoms with Crippen molar-refractivity contribution in [2.45, 2.75) is 39.4 Å². The molecule has 0 saturated carbocycles. The van der Waals surface area contributed by atoms with Crippen LogP contribution in [-0.2, 0) is 0 Å². The zero-order valence-corrected chi connectivity index (χ0v) is 15.3. The smallest absolute Gasteiger partial charge is 0.357 e. The Morgan fingerprint density at radius 3 is 2.25 bits per heavy atom. The van der Waals surface area contributed by atoms with Gasteiger partial charge >= 0.3 is 6.18 Å². The van der Waals surface area contributed by atoms with Gasteiger partial charge in [0.05, 0.1) is 13.0 Å². The molecule has 0 aromatic heterocycles. The van der Waals surface area contributed by atoms with Crippen molar-refractivity contribution in [3.63, 3.8) is 0 Å². The molecule has 1 aliphatic rings. The molecule has 0 amide bonds. The maximum absolute atomic E-state index is 12.3. The lowest BCUT2D eigenvalue weighted by molar-refractivity contribution is -0.132. The van der Waals surface area contributed by atoms with Crippen molar-refractivity contribution < 1.29 is 13.2 Å². The van der Waals surface area contributed by atoms with Gasteiger partial charge in [0.1, 0.15) is 0 Å². The highest BCUT2D eigenvalue weighted by Gasteiger charge is 2.27. The van der Waals surface area contributed by atoms with Crippen LogP contribution in [0.25, 0.3) is 0 Å². The van der Waals surface area contributed by atoms with Crippen LogP contribution in [0, 0.1) is 5.92 Å². The van der Waals surface area contributed by atoms with E-state index >= 15 is 0 Å². The molecule has 8 heteroatoms. The molecule has 0 radical (unpaired) electrons. The molecule has 0 aromatic rings. The molecule has 0 bridgehead atoms. The number of hydrogen-bond acceptors (Lipinski definition) is 3. The fraction of sp³-hybridized carbons (Fsp3) is 0.938. The van der Waals surface area contributed by atoms with Crippen LogP contribution in [0.15, 0.2) is 4.99 Å². The van der Waals surface area contributed by atoms with E-state index in [1.54, 1.807) is 0 Å². The number of hydrogen-bond donors (Lipinski definition) is 2. The van der Waals surface area contributed by atoms with Gasteiger partial charge in [-0.25, -0.2) is 0 Å². The fourth-order valence-electron chi connectivity index (χ4n) is 2.75. The standard InChI is InChI=1S/C16H32F3N5/c1-5-20-15(21-7-6-16(17,18)19)22-12-14(13(2)3)24-10-8-23(4)9-11-24/h13-14H,5-12H2,1-4H3,(H2,20,21,22). The summed E-state index contributed by atoms with van der Waals surface area (Å²) in [6.45, 7) is 11.4. The molecule has 2 N–H and O–H groups in total. The van der Waals surface area contributed by atoms with E-state index in [9.17, 15) is 13.2 Å². The van der Waals surface area contributed by atoms with Crippen LogP contribution in [0.4, 0.5) is 13.2 Å². The number of piperazine rings is 1. The van der Waals surface area contributed by atoms with Crippen LogP contribution in [0.3, 0.4) is 0 Å². The van der Waals surface area contributed by atoms with Crippen LogP contribution in [0.5, 0.6) is 0 Å². The summed E-state index contributed by atoms with van der Waals surface area (Å²) in [4.78, 5) is 9.26. The van der Waals surface area contributed by atoms with Gasteiger partial charge in [-0.15, -0.1) is 0 Å². The van der Waals surface area contributed by atoms with Crippen molar-refractivity contribution in [2.75, 3.05) is 52.9 Å². The average molecular weight is 351 g/mol. The normalized spacial score (nSPS) is 19.6. The van der Waals surface area contributed by atoms with Gasteiger partial charge in [-0.1, -0.05) is 13.8 Å². The number of alkyl halides is 3. The topological polar surface area (TPSA) is 42.9 Å². The molecule has 142 valence electrons. The van der Waals surface area contributed by atoms with Crippen molar-refractivity contribution in [3.8, 4) is 0 Å². The van der Waals surface area contributed by atoms with Crippen molar-refractivity contribution in [1.82, 2.24) is 20.4 Å². The summed E-state index contributed by atoms with van der Waals surface area (Å²) in [7, 11) is 2.12. The van der Waals surface area contributed by atoms with Crippen LogP contribution in [0.1, 0.15) is 27.2 Å². The number of nitrogens with one attached hydrogen (secondary N) is 2. The molecular weight excluding hydrogens is 319 g/mol. The number of aliphatic imine (C=N–C) groups is 1. The van der Waals surface area contributed by atoms with Gasteiger partial charge in [-0.05, 0) is 19.9 Å². The van der Waals surface area contributed by atoms with Gasteiger partial charge in [-0.2, -0.15) is 13.2 Å². The lowest BCUT2D eigenvalue weighted by Gasteiger charge is -2.39. The Morgan fingerprint density at radius 1 is 1.12 bits per heavy atom. The maximum Gasteiger partial charge on any atom is 0.390 e. The Kier molecular flexibility index (Phi) is 8.83. The summed E-state index contributed by atoms with van der Waals surface area (Å²) in [5, 5.41) is 5.79. The van der Waals surface area contributed by atoms with Crippen molar-refractivity contribution >= 4 is 5.96 Å². The Bertz CT molecular complexity index is 376. The van der Waals surface area contributed by atoms with E-state index < -0.39 is 12.6 Å². The van der Waals surface area contributed by atoms with Gasteiger partial charge in [-0.3, -0.25) is 9.89 Å². The predicted octanol–water partition coefficient (Wildman–Crippen LogP) is 1.77. The monoisotopic (exact) mass is 351 g/mol. The number of halogens is 3. The highest BCUT2D eigenvalue weighted by molar-refractivity contribution is 5.79. The Morgan fingerprint density at radius 2 is 1.75 bits per heavy atom. The summed E-state index contributed by atoms with van der Waals surface area (Å²) in [6, 6.07) is 0.303. The predicted molar refractivity (Wildman–Crippen MR) is 92.3 cm³/mol. The van der Waals surface area contributed by atoms with E-state index in [2.05, 4.69) is 46.3 Å². The van der Waals surface area contributed by atoms with E-state index in [1.165, 1.54) is 0 Å². The Hall–Kier alpha value is -1.02. The summed E-state index contributed by atoms with van der Waals surface area (Å²) in [6.07, 6.45) is -5.01. The lowest BCUT2D eigenvalue weighted by atomic mass is 10.0. The first kappa shape index (κ1) is 21.0. The first-order valence-electron chi connectivity index (χ1n) is 8.74. The van der Waals surface area contributed by atoms with Gasteiger partial charge in [0.15, 0.2) is 5.96 Å². The minimum Gasteiger partial charge on any atom is -0.357 e. The second-order valence-electron chi connectivity index (χ2n) is 6.66. The van der Waals surface area contributed by atoms with Crippen molar-refractivity contribution in [3.05, 3.63) is 0 Å². The van der Waals surface area contributed by atoms with Gasteiger partial charge in [0.2, 0.25) is 0 Å². The SMILES string of the molecule is CCNC(=NCC(C(C)C)N1CCN(C)CC1)NCCC(F)(F)F. The molecule has 0 aromatic carbocycles. The van der Waals surface area contributed by atoms with Crippen LogP contribution >= 0.6 is 0 Å². The number of rotatable bonds is 7. The first-order valence-corrected chi connectivity index (χ1v) is 8.74. The van der Waals surface area contributed by atoms with E-state index in [1.807, 2.05) is 6.92 Å². The van der Waals surface area contributed by atoms with Crippen LogP contribution in [0.2, 0.25) is 0 Å². The largest absolute Gasteiger partial charge is 0.390 e. The molecule has 1 heterocycles. The Labute approximate surface area is 143 Å². The summed E-state index contributed by atoms with van der Waals surface area (Å²) in [5.74, 6) is 0.900. The summed E-state index contributed by atoms with van der Waals surface area (Å²) in [5.41, 5.74) is 0. The third-order valence-electron chi connectivity index (χ3n) is 4.26.